The van der Waals surface area contributed by atoms with E-state index in [1.165, 1.54) is 6.92 Å². The lowest BCUT2D eigenvalue weighted by molar-refractivity contribution is -0.118. The van der Waals surface area contributed by atoms with Crippen LogP contribution >= 0.6 is 24.0 Å². The van der Waals surface area contributed by atoms with E-state index in [0.717, 1.165) is 36.0 Å². The van der Waals surface area contributed by atoms with Gasteiger partial charge >= 0.3 is 0 Å². The summed E-state index contributed by atoms with van der Waals surface area (Å²) in [6, 6.07) is 6.01. The number of guanidine groups is 1. The first-order chi connectivity index (χ1) is 12.6. The molecule has 0 fully saturated rings. The number of hydrogen-bond donors (Lipinski definition) is 3. The van der Waals surface area contributed by atoms with Crippen LogP contribution in [0.15, 0.2) is 23.2 Å². The zero-order valence-electron chi connectivity index (χ0n) is 16.8. The predicted octanol–water partition coefficient (Wildman–Crippen LogP) is 2.34. The molecule has 1 aromatic carbocycles. The van der Waals surface area contributed by atoms with Crippen molar-refractivity contribution in [2.75, 3.05) is 39.4 Å². The fraction of sp³-hybridized carbons (Fsp3) is 0.579. The van der Waals surface area contributed by atoms with Crippen molar-refractivity contribution in [3.8, 4) is 11.5 Å². The molecule has 0 unspecified atom stereocenters. The summed E-state index contributed by atoms with van der Waals surface area (Å²) in [5.41, 5.74) is 1.15. The van der Waals surface area contributed by atoms with E-state index in [9.17, 15) is 4.79 Å². The van der Waals surface area contributed by atoms with Crippen LogP contribution in [-0.4, -0.2) is 51.3 Å². The van der Waals surface area contributed by atoms with Crippen LogP contribution in [-0.2, 0) is 11.2 Å². The monoisotopic (exact) mass is 492 g/mol. The minimum Gasteiger partial charge on any atom is -0.490 e. The van der Waals surface area contributed by atoms with Crippen LogP contribution in [0.5, 0.6) is 11.5 Å². The van der Waals surface area contributed by atoms with Crippen LogP contribution in [0.3, 0.4) is 0 Å². The van der Waals surface area contributed by atoms with Crippen molar-refractivity contribution < 1.29 is 14.3 Å². The summed E-state index contributed by atoms with van der Waals surface area (Å²) < 4.78 is 11.2. The Morgan fingerprint density at radius 1 is 1.00 bits per heavy atom. The van der Waals surface area contributed by atoms with Crippen molar-refractivity contribution >= 4 is 35.8 Å². The molecule has 7 nitrogen and oxygen atoms in total. The maximum atomic E-state index is 10.9. The largest absolute Gasteiger partial charge is 0.490 e. The third-order valence-corrected chi connectivity index (χ3v) is 3.41. The van der Waals surface area contributed by atoms with Gasteiger partial charge in [-0.05, 0) is 44.9 Å². The van der Waals surface area contributed by atoms with Gasteiger partial charge in [0.15, 0.2) is 17.5 Å². The van der Waals surface area contributed by atoms with E-state index in [1.807, 2.05) is 39.0 Å². The van der Waals surface area contributed by atoms with E-state index in [0.29, 0.717) is 32.8 Å². The number of carbonyl (C=O) groups is 1. The Labute approximate surface area is 179 Å². The third kappa shape index (κ3) is 10.9. The summed E-state index contributed by atoms with van der Waals surface area (Å²) in [5, 5.41) is 9.14. The molecule has 0 heterocycles. The van der Waals surface area contributed by atoms with E-state index >= 15 is 0 Å². The van der Waals surface area contributed by atoms with Gasteiger partial charge in [0.1, 0.15) is 0 Å². The molecule has 0 aliphatic carbocycles. The maximum absolute atomic E-state index is 10.9. The van der Waals surface area contributed by atoms with Gasteiger partial charge in [0, 0.05) is 33.1 Å². The standard InChI is InChI=1S/C19H32N4O3.HI/c1-5-20-19(23-13-12-21-15(4)24)22-11-10-16-8-9-17(25-6-2)18(14-16)26-7-3;/h8-9,14H,5-7,10-13H2,1-4H3,(H,21,24)(H2,20,22,23);1H. The molecule has 8 heteroatoms. The molecule has 0 saturated carbocycles. The second kappa shape index (κ2) is 15.4. The van der Waals surface area contributed by atoms with E-state index < -0.39 is 0 Å². The van der Waals surface area contributed by atoms with E-state index in [2.05, 4.69) is 20.9 Å². The molecule has 0 aliphatic rings. The summed E-state index contributed by atoms with van der Waals surface area (Å²) >= 11 is 0. The number of benzene rings is 1. The molecule has 0 aromatic heterocycles. The van der Waals surface area contributed by atoms with Crippen LogP contribution in [0.2, 0.25) is 0 Å². The summed E-state index contributed by atoms with van der Waals surface area (Å²) in [4.78, 5) is 15.4. The van der Waals surface area contributed by atoms with Gasteiger partial charge in [-0.3, -0.25) is 9.79 Å². The van der Waals surface area contributed by atoms with Crippen molar-refractivity contribution in [3.05, 3.63) is 23.8 Å². The van der Waals surface area contributed by atoms with Gasteiger partial charge in [-0.2, -0.15) is 0 Å². The highest BCUT2D eigenvalue weighted by molar-refractivity contribution is 14.0. The van der Waals surface area contributed by atoms with Crippen LogP contribution in [0.4, 0.5) is 0 Å². The Balaban J connectivity index is 0.00000676. The number of hydrogen-bond acceptors (Lipinski definition) is 4. The molecule has 0 radical (unpaired) electrons. The number of ether oxygens (including phenoxy) is 2. The molecule has 1 rings (SSSR count). The first-order valence-electron chi connectivity index (χ1n) is 9.25. The number of amides is 1. The highest BCUT2D eigenvalue weighted by atomic mass is 127. The molecular formula is C19H33IN4O3. The van der Waals surface area contributed by atoms with Gasteiger partial charge in [0.25, 0.3) is 0 Å². The zero-order chi connectivity index (χ0) is 19.2. The van der Waals surface area contributed by atoms with Gasteiger partial charge in [0.2, 0.25) is 5.91 Å². The topological polar surface area (TPSA) is 84.0 Å². The summed E-state index contributed by atoms with van der Waals surface area (Å²) in [5.74, 6) is 2.26. The zero-order valence-corrected chi connectivity index (χ0v) is 19.1. The normalized spacial score (nSPS) is 10.6. The average Bonchev–Trinajstić information content (AvgIpc) is 2.61. The van der Waals surface area contributed by atoms with Crippen LogP contribution in [0, 0.1) is 0 Å². The van der Waals surface area contributed by atoms with Crippen molar-refractivity contribution in [2.24, 2.45) is 4.99 Å². The number of nitrogens with one attached hydrogen (secondary N) is 3. The van der Waals surface area contributed by atoms with Crippen molar-refractivity contribution in [1.29, 1.82) is 0 Å². The quantitative estimate of drug-likeness (QED) is 0.191. The van der Waals surface area contributed by atoms with Gasteiger partial charge in [0.05, 0.1) is 13.2 Å². The molecule has 1 aromatic rings. The maximum Gasteiger partial charge on any atom is 0.216 e. The second-order valence-electron chi connectivity index (χ2n) is 5.57. The number of halogens is 1. The summed E-state index contributed by atoms with van der Waals surface area (Å²) in [6.45, 7) is 11.3. The van der Waals surface area contributed by atoms with Gasteiger partial charge in [-0.25, -0.2) is 0 Å². The Morgan fingerprint density at radius 2 is 1.67 bits per heavy atom. The van der Waals surface area contributed by atoms with Crippen molar-refractivity contribution in [2.45, 2.75) is 34.1 Å². The minimum atomic E-state index is -0.0330. The Kier molecular flexibility index (Phi) is 14.4. The summed E-state index contributed by atoms with van der Waals surface area (Å²) in [6.07, 6.45) is 0.800. The molecule has 27 heavy (non-hydrogen) atoms. The highest BCUT2D eigenvalue weighted by Gasteiger charge is 2.06. The molecular weight excluding hydrogens is 459 g/mol. The van der Waals surface area contributed by atoms with E-state index in [-0.39, 0.29) is 29.9 Å². The second-order valence-corrected chi connectivity index (χ2v) is 5.57. The molecule has 0 saturated heterocycles. The molecule has 3 N–H and O–H groups in total. The molecule has 0 bridgehead atoms. The first kappa shape index (κ1) is 25.3. The molecule has 0 spiro atoms. The van der Waals surface area contributed by atoms with Gasteiger partial charge in [-0.1, -0.05) is 6.07 Å². The van der Waals surface area contributed by atoms with Crippen LogP contribution in [0.25, 0.3) is 0 Å². The number of rotatable bonds is 11. The molecule has 1 amide bonds. The Morgan fingerprint density at radius 3 is 2.30 bits per heavy atom. The lowest BCUT2D eigenvalue weighted by Gasteiger charge is -2.13. The molecule has 154 valence electrons. The van der Waals surface area contributed by atoms with Gasteiger partial charge < -0.3 is 25.4 Å². The van der Waals surface area contributed by atoms with E-state index in [4.69, 9.17) is 9.47 Å². The van der Waals surface area contributed by atoms with Crippen molar-refractivity contribution in [1.82, 2.24) is 16.0 Å². The Hall–Kier alpha value is -1.71. The first-order valence-corrected chi connectivity index (χ1v) is 9.25. The van der Waals surface area contributed by atoms with Crippen LogP contribution < -0.4 is 25.4 Å². The number of nitrogens with zero attached hydrogens (tertiary/aromatic N) is 1. The fourth-order valence-corrected chi connectivity index (χ4v) is 2.31. The highest BCUT2D eigenvalue weighted by Crippen LogP contribution is 2.28. The lowest BCUT2D eigenvalue weighted by Crippen LogP contribution is -2.41. The average molecular weight is 492 g/mol. The number of aliphatic imine (C=N–C) groups is 1. The van der Waals surface area contributed by atoms with E-state index in [1.54, 1.807) is 0 Å². The summed E-state index contributed by atoms with van der Waals surface area (Å²) in [7, 11) is 0. The Bertz CT molecular complexity index is 582. The molecule has 0 aliphatic heterocycles. The van der Waals surface area contributed by atoms with Gasteiger partial charge in [-0.15, -0.1) is 24.0 Å². The number of carbonyl (C=O) groups excluding carboxylic acids is 1. The third-order valence-electron chi connectivity index (χ3n) is 3.41. The minimum absolute atomic E-state index is 0. The van der Waals surface area contributed by atoms with Crippen LogP contribution in [0.1, 0.15) is 33.3 Å². The van der Waals surface area contributed by atoms with Crippen molar-refractivity contribution in [3.63, 3.8) is 0 Å². The fourth-order valence-electron chi connectivity index (χ4n) is 2.31. The SMILES string of the molecule is CCNC(=NCCc1ccc(OCC)c(OCC)c1)NCCNC(C)=O.I. The predicted molar refractivity (Wildman–Crippen MR) is 121 cm³/mol. The molecule has 0 atom stereocenters. The lowest BCUT2D eigenvalue weighted by atomic mass is 10.1. The smallest absolute Gasteiger partial charge is 0.216 e.